The minimum Gasteiger partial charge on any atom is -0.466 e. The van der Waals surface area contributed by atoms with Crippen molar-refractivity contribution in [3.8, 4) is 0 Å². The second kappa shape index (κ2) is 6.94. The minimum absolute atomic E-state index is 0.280. The van der Waals surface area contributed by atoms with E-state index >= 15 is 0 Å². The van der Waals surface area contributed by atoms with Crippen LogP contribution in [0.15, 0.2) is 47.1 Å². The van der Waals surface area contributed by atoms with Gasteiger partial charge in [-0.2, -0.15) is 0 Å². The molecule has 0 bridgehead atoms. The molecule has 9 nitrogen and oxygen atoms in total. The Hall–Kier alpha value is -3.62. The fourth-order valence-corrected chi connectivity index (χ4v) is 2.80. The summed E-state index contributed by atoms with van der Waals surface area (Å²) in [6.07, 6.45) is 1.40. The molecule has 0 aliphatic carbocycles. The minimum atomic E-state index is -1.36. The molecule has 27 heavy (non-hydrogen) atoms. The first-order valence-corrected chi connectivity index (χ1v) is 8.15. The van der Waals surface area contributed by atoms with Crippen LogP contribution in [0.1, 0.15) is 23.0 Å². The van der Waals surface area contributed by atoms with E-state index in [2.05, 4.69) is 16.0 Å². The number of urea groups is 1. The monoisotopic (exact) mass is 370 g/mol. The number of benzene rings is 1. The van der Waals surface area contributed by atoms with Gasteiger partial charge in [0, 0.05) is 18.3 Å². The van der Waals surface area contributed by atoms with Crippen molar-refractivity contribution in [3.63, 3.8) is 0 Å². The van der Waals surface area contributed by atoms with E-state index < -0.39 is 29.9 Å². The van der Waals surface area contributed by atoms with Crippen LogP contribution in [0.2, 0.25) is 0 Å². The zero-order chi connectivity index (χ0) is 19.6. The lowest BCUT2D eigenvalue weighted by atomic mass is 9.99. The van der Waals surface area contributed by atoms with Gasteiger partial charge in [-0.25, -0.2) is 4.79 Å². The number of nitrogens with zero attached hydrogens (tertiary/aromatic N) is 1. The SMILES string of the molecule is CNC(=O)c1cccc(NC(=O)CN2C(=O)N[C@](C)(c3ccco3)C2=O)c1. The Kier molecular flexibility index (Phi) is 4.68. The molecule has 5 amide bonds. The average Bonchev–Trinajstić information content (AvgIpc) is 3.26. The van der Waals surface area contributed by atoms with Gasteiger partial charge >= 0.3 is 6.03 Å². The van der Waals surface area contributed by atoms with Crippen molar-refractivity contribution in [3.05, 3.63) is 54.0 Å². The molecule has 1 atom stereocenters. The van der Waals surface area contributed by atoms with Crippen LogP contribution in [0, 0.1) is 0 Å². The second-order valence-electron chi connectivity index (χ2n) is 6.13. The Morgan fingerprint density at radius 3 is 2.67 bits per heavy atom. The summed E-state index contributed by atoms with van der Waals surface area (Å²) in [6.45, 7) is 1.04. The largest absolute Gasteiger partial charge is 0.466 e. The van der Waals surface area contributed by atoms with Crippen LogP contribution in [-0.4, -0.2) is 42.2 Å². The topological polar surface area (TPSA) is 121 Å². The van der Waals surface area contributed by atoms with Gasteiger partial charge in [-0.1, -0.05) is 6.07 Å². The van der Waals surface area contributed by atoms with Gasteiger partial charge in [0.2, 0.25) is 5.91 Å². The van der Waals surface area contributed by atoms with Gasteiger partial charge in [0.05, 0.1) is 6.26 Å². The summed E-state index contributed by atoms with van der Waals surface area (Å²) in [5.74, 6) is -1.18. The van der Waals surface area contributed by atoms with Crippen molar-refractivity contribution in [2.24, 2.45) is 0 Å². The molecule has 0 saturated carbocycles. The van der Waals surface area contributed by atoms with Gasteiger partial charge < -0.3 is 20.4 Å². The van der Waals surface area contributed by atoms with Gasteiger partial charge in [-0.15, -0.1) is 0 Å². The lowest BCUT2D eigenvalue weighted by Crippen LogP contribution is -2.41. The smallest absolute Gasteiger partial charge is 0.325 e. The van der Waals surface area contributed by atoms with Gasteiger partial charge in [0.15, 0.2) is 5.54 Å². The molecule has 0 unspecified atom stereocenters. The maximum Gasteiger partial charge on any atom is 0.325 e. The molecule has 3 rings (SSSR count). The van der Waals surface area contributed by atoms with Crippen molar-refractivity contribution in [2.75, 3.05) is 18.9 Å². The molecule has 1 aromatic heterocycles. The molecule has 2 heterocycles. The summed E-state index contributed by atoms with van der Waals surface area (Å²) in [7, 11) is 1.50. The Labute approximate surface area is 154 Å². The maximum atomic E-state index is 12.7. The van der Waals surface area contributed by atoms with Gasteiger partial charge in [0.1, 0.15) is 12.3 Å². The van der Waals surface area contributed by atoms with E-state index in [-0.39, 0.29) is 11.7 Å². The van der Waals surface area contributed by atoms with Crippen LogP contribution >= 0.6 is 0 Å². The first-order valence-electron chi connectivity index (χ1n) is 8.15. The van der Waals surface area contributed by atoms with Crippen LogP contribution in [0.3, 0.4) is 0 Å². The molecule has 3 N–H and O–H groups in total. The number of anilines is 1. The number of hydrogen-bond donors (Lipinski definition) is 3. The normalized spacial score (nSPS) is 19.0. The third-order valence-corrected chi connectivity index (χ3v) is 4.23. The number of nitrogens with one attached hydrogen (secondary N) is 3. The summed E-state index contributed by atoms with van der Waals surface area (Å²) in [5.41, 5.74) is -0.613. The summed E-state index contributed by atoms with van der Waals surface area (Å²) >= 11 is 0. The molecule has 1 saturated heterocycles. The number of furan rings is 1. The quantitative estimate of drug-likeness (QED) is 0.679. The van der Waals surface area contributed by atoms with Gasteiger partial charge in [-0.3, -0.25) is 19.3 Å². The molecule has 1 aliphatic heterocycles. The maximum absolute atomic E-state index is 12.7. The van der Waals surface area contributed by atoms with Crippen molar-refractivity contribution < 1.29 is 23.6 Å². The molecule has 1 fully saturated rings. The standard InChI is InChI=1S/C18H18N4O5/c1-18(13-7-4-8-27-13)16(25)22(17(26)21-18)10-14(23)20-12-6-3-5-11(9-12)15(24)19-2/h3-9H,10H2,1-2H3,(H,19,24)(H,20,23)(H,21,26)/t18-/m1/s1. The van der Waals surface area contributed by atoms with Gasteiger partial charge in [0.25, 0.3) is 11.8 Å². The number of hydrogen-bond acceptors (Lipinski definition) is 5. The van der Waals surface area contributed by atoms with Crippen molar-refractivity contribution in [1.82, 2.24) is 15.5 Å². The number of rotatable bonds is 5. The first kappa shape index (κ1) is 18.2. The molecular formula is C18H18N4O5. The lowest BCUT2D eigenvalue weighted by molar-refractivity contribution is -0.134. The lowest BCUT2D eigenvalue weighted by Gasteiger charge is -2.18. The fraction of sp³-hybridized carbons (Fsp3) is 0.222. The fourth-order valence-electron chi connectivity index (χ4n) is 2.80. The third kappa shape index (κ3) is 3.39. The summed E-state index contributed by atoms with van der Waals surface area (Å²) in [6, 6.07) is 8.80. The molecule has 0 spiro atoms. The molecule has 1 aliphatic rings. The highest BCUT2D eigenvalue weighted by Gasteiger charge is 2.51. The van der Waals surface area contributed by atoms with E-state index in [9.17, 15) is 19.2 Å². The highest BCUT2D eigenvalue weighted by atomic mass is 16.3. The molecule has 0 radical (unpaired) electrons. The Morgan fingerprint density at radius 2 is 2.00 bits per heavy atom. The van der Waals surface area contributed by atoms with Crippen LogP contribution in [0.5, 0.6) is 0 Å². The zero-order valence-electron chi connectivity index (χ0n) is 14.7. The number of carbonyl (C=O) groups is 4. The first-order chi connectivity index (χ1) is 12.8. The van der Waals surface area contributed by atoms with Crippen LogP contribution in [0.4, 0.5) is 10.5 Å². The van der Waals surface area contributed by atoms with E-state index in [0.29, 0.717) is 11.3 Å². The Morgan fingerprint density at radius 1 is 1.22 bits per heavy atom. The Balaban J connectivity index is 1.70. The molecule has 140 valence electrons. The van der Waals surface area contributed by atoms with Crippen LogP contribution < -0.4 is 16.0 Å². The molecule has 9 heteroatoms. The highest BCUT2D eigenvalue weighted by molar-refractivity contribution is 6.10. The predicted octanol–water partition coefficient (Wildman–Crippen LogP) is 1.04. The molecular weight excluding hydrogens is 352 g/mol. The Bertz CT molecular complexity index is 908. The number of carbonyl (C=O) groups excluding carboxylic acids is 4. The van der Waals surface area contributed by atoms with E-state index in [0.717, 1.165) is 4.90 Å². The van der Waals surface area contributed by atoms with Crippen molar-refractivity contribution in [2.45, 2.75) is 12.5 Å². The van der Waals surface area contributed by atoms with Gasteiger partial charge in [-0.05, 0) is 37.3 Å². The second-order valence-corrected chi connectivity index (χ2v) is 6.13. The van der Waals surface area contributed by atoms with Crippen LogP contribution in [-0.2, 0) is 15.1 Å². The van der Waals surface area contributed by atoms with Crippen LogP contribution in [0.25, 0.3) is 0 Å². The van der Waals surface area contributed by atoms with E-state index in [1.54, 1.807) is 30.3 Å². The molecule has 1 aromatic carbocycles. The predicted molar refractivity (Wildman–Crippen MR) is 94.8 cm³/mol. The average molecular weight is 370 g/mol. The summed E-state index contributed by atoms with van der Waals surface area (Å²) in [4.78, 5) is 49.6. The summed E-state index contributed by atoms with van der Waals surface area (Å²) in [5, 5.41) is 7.61. The van der Waals surface area contributed by atoms with E-state index in [4.69, 9.17) is 4.42 Å². The van der Waals surface area contributed by atoms with E-state index in [1.165, 1.54) is 26.3 Å². The van der Waals surface area contributed by atoms with Crippen molar-refractivity contribution >= 4 is 29.4 Å². The van der Waals surface area contributed by atoms with Crippen molar-refractivity contribution in [1.29, 1.82) is 0 Å². The van der Waals surface area contributed by atoms with E-state index in [1.807, 2.05) is 0 Å². The zero-order valence-corrected chi connectivity index (χ0v) is 14.7. The molecule has 2 aromatic rings. The third-order valence-electron chi connectivity index (χ3n) is 4.23. The number of imide groups is 1. The summed E-state index contributed by atoms with van der Waals surface area (Å²) < 4.78 is 5.23. The number of amides is 5. The highest BCUT2D eigenvalue weighted by Crippen LogP contribution is 2.28.